The zero-order valence-corrected chi connectivity index (χ0v) is 13.3. The first-order chi connectivity index (χ1) is 10.2. The van der Waals surface area contributed by atoms with E-state index in [0.717, 1.165) is 43.5 Å². The summed E-state index contributed by atoms with van der Waals surface area (Å²) < 4.78 is 19.4. The molecule has 1 N–H and O–H groups in total. The van der Waals surface area contributed by atoms with Gasteiger partial charge in [0.05, 0.1) is 6.10 Å². The van der Waals surface area contributed by atoms with E-state index in [0.29, 0.717) is 6.10 Å². The van der Waals surface area contributed by atoms with Crippen LogP contribution >= 0.6 is 0 Å². The van der Waals surface area contributed by atoms with E-state index in [4.69, 9.17) is 4.74 Å². The highest BCUT2D eigenvalue weighted by molar-refractivity contribution is 5.29. The van der Waals surface area contributed by atoms with Crippen molar-refractivity contribution in [3.05, 3.63) is 35.1 Å². The maximum atomic E-state index is 13.6. The molecule has 2 unspecified atom stereocenters. The van der Waals surface area contributed by atoms with Gasteiger partial charge in [-0.1, -0.05) is 13.0 Å². The Labute approximate surface area is 128 Å². The summed E-state index contributed by atoms with van der Waals surface area (Å²) in [7, 11) is 0. The third kappa shape index (κ3) is 5.08. The Balaban J connectivity index is 2.00. The van der Waals surface area contributed by atoms with E-state index in [9.17, 15) is 4.39 Å². The molecule has 0 amide bonds. The first-order valence-corrected chi connectivity index (χ1v) is 8.31. The molecule has 1 heterocycles. The van der Waals surface area contributed by atoms with Crippen LogP contribution in [0.15, 0.2) is 18.2 Å². The third-order valence-corrected chi connectivity index (χ3v) is 4.31. The van der Waals surface area contributed by atoms with E-state index in [2.05, 4.69) is 19.2 Å². The van der Waals surface area contributed by atoms with Crippen LogP contribution in [0.1, 0.15) is 62.6 Å². The van der Waals surface area contributed by atoms with Crippen LogP contribution in [-0.2, 0) is 4.74 Å². The number of hydrogen-bond acceptors (Lipinski definition) is 2. The molecule has 0 spiro atoms. The molecule has 1 fully saturated rings. The molecular weight excluding hydrogens is 265 g/mol. The number of halogens is 1. The topological polar surface area (TPSA) is 21.3 Å². The monoisotopic (exact) mass is 293 g/mol. The van der Waals surface area contributed by atoms with Gasteiger partial charge >= 0.3 is 0 Å². The lowest BCUT2D eigenvalue weighted by Gasteiger charge is -2.26. The molecule has 3 heteroatoms. The predicted molar refractivity (Wildman–Crippen MR) is 85.0 cm³/mol. The first kappa shape index (κ1) is 16.4. The second-order valence-corrected chi connectivity index (χ2v) is 6.07. The molecular formula is C18H28FNO. The molecule has 0 aromatic heterocycles. The number of benzene rings is 1. The average molecular weight is 293 g/mol. The van der Waals surface area contributed by atoms with Crippen molar-refractivity contribution in [1.82, 2.24) is 5.32 Å². The Hall–Kier alpha value is -0.930. The standard InChI is InChI=1S/C18H28FNO/c1-3-11-20-18(10-9-16-6-4-5-12-21-16)17-13-15(19)8-7-14(17)2/h7-8,13,16,18,20H,3-6,9-12H2,1-2H3. The highest BCUT2D eigenvalue weighted by Crippen LogP contribution is 2.26. The van der Waals surface area contributed by atoms with Gasteiger partial charge in [0.15, 0.2) is 0 Å². The van der Waals surface area contributed by atoms with Crippen molar-refractivity contribution in [2.45, 2.75) is 64.5 Å². The summed E-state index contributed by atoms with van der Waals surface area (Å²) >= 11 is 0. The number of nitrogens with one attached hydrogen (secondary N) is 1. The van der Waals surface area contributed by atoms with Crippen LogP contribution in [0.25, 0.3) is 0 Å². The van der Waals surface area contributed by atoms with Crippen molar-refractivity contribution >= 4 is 0 Å². The Morgan fingerprint density at radius 1 is 1.38 bits per heavy atom. The molecule has 0 saturated carbocycles. The molecule has 21 heavy (non-hydrogen) atoms. The van der Waals surface area contributed by atoms with Crippen LogP contribution in [0.3, 0.4) is 0 Å². The fraction of sp³-hybridized carbons (Fsp3) is 0.667. The number of aryl methyl sites for hydroxylation is 1. The summed E-state index contributed by atoms with van der Waals surface area (Å²) in [4.78, 5) is 0. The molecule has 1 aromatic rings. The molecule has 1 aliphatic heterocycles. The van der Waals surface area contributed by atoms with Gasteiger partial charge in [-0.05, 0) is 75.3 Å². The quantitative estimate of drug-likeness (QED) is 0.798. The molecule has 0 bridgehead atoms. The van der Waals surface area contributed by atoms with Gasteiger partial charge in [0.25, 0.3) is 0 Å². The Kier molecular flexibility index (Phi) is 6.65. The van der Waals surface area contributed by atoms with Crippen LogP contribution in [0, 0.1) is 12.7 Å². The van der Waals surface area contributed by atoms with Crippen molar-refractivity contribution in [2.75, 3.05) is 13.2 Å². The highest BCUT2D eigenvalue weighted by atomic mass is 19.1. The minimum absolute atomic E-state index is 0.146. The Morgan fingerprint density at radius 2 is 2.24 bits per heavy atom. The van der Waals surface area contributed by atoms with Gasteiger partial charge in [0.1, 0.15) is 5.82 Å². The zero-order chi connectivity index (χ0) is 15.1. The third-order valence-electron chi connectivity index (χ3n) is 4.31. The van der Waals surface area contributed by atoms with E-state index in [1.54, 1.807) is 12.1 Å². The lowest BCUT2D eigenvalue weighted by atomic mass is 9.94. The number of hydrogen-bond donors (Lipinski definition) is 1. The summed E-state index contributed by atoms with van der Waals surface area (Å²) in [5, 5.41) is 3.57. The van der Waals surface area contributed by atoms with Crippen LogP contribution < -0.4 is 5.32 Å². The first-order valence-electron chi connectivity index (χ1n) is 8.31. The molecule has 2 atom stereocenters. The van der Waals surface area contributed by atoms with E-state index in [-0.39, 0.29) is 11.9 Å². The van der Waals surface area contributed by atoms with Crippen molar-refractivity contribution in [3.8, 4) is 0 Å². The lowest BCUT2D eigenvalue weighted by molar-refractivity contribution is 0.00853. The van der Waals surface area contributed by atoms with E-state index in [1.165, 1.54) is 19.3 Å². The van der Waals surface area contributed by atoms with E-state index in [1.807, 2.05) is 6.07 Å². The minimum Gasteiger partial charge on any atom is -0.378 e. The summed E-state index contributed by atoms with van der Waals surface area (Å²) in [5.41, 5.74) is 2.26. The molecule has 0 aliphatic carbocycles. The van der Waals surface area contributed by atoms with E-state index < -0.39 is 0 Å². The van der Waals surface area contributed by atoms with Crippen molar-refractivity contribution in [2.24, 2.45) is 0 Å². The maximum Gasteiger partial charge on any atom is 0.123 e. The van der Waals surface area contributed by atoms with Crippen LogP contribution in [-0.4, -0.2) is 19.3 Å². The highest BCUT2D eigenvalue weighted by Gasteiger charge is 2.19. The van der Waals surface area contributed by atoms with Gasteiger partial charge in [-0.3, -0.25) is 0 Å². The number of ether oxygens (including phenoxy) is 1. The normalized spacial score (nSPS) is 20.4. The van der Waals surface area contributed by atoms with Gasteiger partial charge in [-0.25, -0.2) is 4.39 Å². The smallest absolute Gasteiger partial charge is 0.123 e. The molecule has 1 aliphatic rings. The summed E-state index contributed by atoms with van der Waals surface area (Å²) in [5.74, 6) is -0.146. The predicted octanol–water partition coefficient (Wildman–Crippen LogP) is 4.52. The van der Waals surface area contributed by atoms with Gasteiger partial charge in [-0.15, -0.1) is 0 Å². The molecule has 1 saturated heterocycles. The SMILES string of the molecule is CCCNC(CCC1CCCCO1)c1cc(F)ccc1C. The summed E-state index contributed by atoms with van der Waals surface area (Å²) in [6.07, 6.45) is 7.17. The van der Waals surface area contributed by atoms with Crippen molar-refractivity contribution in [3.63, 3.8) is 0 Å². The average Bonchev–Trinajstić information content (AvgIpc) is 2.51. The van der Waals surface area contributed by atoms with Crippen LogP contribution in [0.4, 0.5) is 4.39 Å². The maximum absolute atomic E-state index is 13.6. The molecule has 1 aromatic carbocycles. The fourth-order valence-corrected chi connectivity index (χ4v) is 3.06. The zero-order valence-electron chi connectivity index (χ0n) is 13.3. The minimum atomic E-state index is -0.146. The summed E-state index contributed by atoms with van der Waals surface area (Å²) in [6.45, 7) is 6.09. The van der Waals surface area contributed by atoms with Crippen molar-refractivity contribution in [1.29, 1.82) is 0 Å². The van der Waals surface area contributed by atoms with Gasteiger partial charge in [0.2, 0.25) is 0 Å². The lowest BCUT2D eigenvalue weighted by Crippen LogP contribution is -2.26. The van der Waals surface area contributed by atoms with Crippen molar-refractivity contribution < 1.29 is 9.13 Å². The molecule has 0 radical (unpaired) electrons. The largest absolute Gasteiger partial charge is 0.378 e. The van der Waals surface area contributed by atoms with Gasteiger partial charge in [0, 0.05) is 12.6 Å². The van der Waals surface area contributed by atoms with Crippen LogP contribution in [0.5, 0.6) is 0 Å². The number of rotatable bonds is 7. The second kappa shape index (κ2) is 8.50. The second-order valence-electron chi connectivity index (χ2n) is 6.07. The molecule has 2 nitrogen and oxygen atoms in total. The molecule has 2 rings (SSSR count). The Morgan fingerprint density at radius 3 is 2.95 bits per heavy atom. The van der Waals surface area contributed by atoms with Gasteiger partial charge in [-0.2, -0.15) is 0 Å². The van der Waals surface area contributed by atoms with E-state index >= 15 is 0 Å². The molecule has 118 valence electrons. The van der Waals surface area contributed by atoms with Crippen LogP contribution in [0.2, 0.25) is 0 Å². The van der Waals surface area contributed by atoms with Gasteiger partial charge < -0.3 is 10.1 Å². The Bertz CT molecular complexity index is 429. The summed E-state index contributed by atoms with van der Waals surface area (Å²) in [6, 6.07) is 5.33. The fourth-order valence-electron chi connectivity index (χ4n) is 3.06.